The number of halogens is 1. The van der Waals surface area contributed by atoms with Crippen molar-refractivity contribution < 1.29 is 13.2 Å². The van der Waals surface area contributed by atoms with Crippen LogP contribution in [0.15, 0.2) is 29.3 Å². The number of sulfonamides is 1. The second-order valence-corrected chi connectivity index (χ2v) is 5.74. The molecule has 0 bridgehead atoms. The van der Waals surface area contributed by atoms with Gasteiger partial charge in [0.25, 0.3) is 0 Å². The summed E-state index contributed by atoms with van der Waals surface area (Å²) in [6.07, 6.45) is 1.11. The smallest absolute Gasteiger partial charge is 0.229 e. The van der Waals surface area contributed by atoms with Gasteiger partial charge in [0.05, 0.1) is 12.8 Å². The molecule has 0 unspecified atom stereocenters. The molecule has 0 heterocycles. The van der Waals surface area contributed by atoms with Gasteiger partial charge >= 0.3 is 0 Å². The highest BCUT2D eigenvalue weighted by atomic mass is 127. The van der Waals surface area contributed by atoms with Crippen molar-refractivity contribution in [3.05, 3.63) is 24.3 Å². The Morgan fingerprint density at radius 3 is 2.38 bits per heavy atom. The highest BCUT2D eigenvalue weighted by Crippen LogP contribution is 2.16. The van der Waals surface area contributed by atoms with Crippen molar-refractivity contribution in [3.8, 4) is 5.75 Å². The monoisotopic (exact) mass is 428 g/mol. The fraction of sp³-hybridized carbons (Fsp3) is 0.417. The molecular weight excluding hydrogens is 407 g/mol. The Labute approximate surface area is 142 Å². The SMILES string of the molecule is CN=C(NC)NCCOc1ccc(NS(C)(=O)=O)cc1.I. The maximum Gasteiger partial charge on any atom is 0.229 e. The first-order valence-corrected chi connectivity index (χ1v) is 7.93. The van der Waals surface area contributed by atoms with E-state index in [1.807, 2.05) is 0 Å². The first kappa shape index (κ1) is 19.8. The minimum absolute atomic E-state index is 0. The van der Waals surface area contributed by atoms with Gasteiger partial charge in [-0.1, -0.05) is 0 Å². The Morgan fingerprint density at radius 2 is 1.90 bits per heavy atom. The third-order valence-electron chi connectivity index (χ3n) is 2.28. The first-order valence-electron chi connectivity index (χ1n) is 6.03. The largest absolute Gasteiger partial charge is 0.492 e. The Kier molecular flexibility index (Phi) is 9.09. The molecule has 0 saturated carbocycles. The van der Waals surface area contributed by atoms with Gasteiger partial charge in [-0.3, -0.25) is 9.71 Å². The number of benzene rings is 1. The summed E-state index contributed by atoms with van der Waals surface area (Å²) in [5.74, 6) is 1.37. The Balaban J connectivity index is 0.00000400. The molecule has 0 spiro atoms. The van der Waals surface area contributed by atoms with E-state index < -0.39 is 10.0 Å². The predicted octanol–water partition coefficient (Wildman–Crippen LogP) is 0.850. The summed E-state index contributed by atoms with van der Waals surface area (Å²) in [5, 5.41) is 5.95. The van der Waals surface area contributed by atoms with E-state index in [1.165, 1.54) is 0 Å². The number of nitrogens with one attached hydrogen (secondary N) is 3. The van der Waals surface area contributed by atoms with Gasteiger partial charge in [0.1, 0.15) is 12.4 Å². The lowest BCUT2D eigenvalue weighted by Gasteiger charge is -2.10. The minimum Gasteiger partial charge on any atom is -0.492 e. The van der Waals surface area contributed by atoms with Gasteiger partial charge in [-0.05, 0) is 24.3 Å². The van der Waals surface area contributed by atoms with E-state index in [4.69, 9.17) is 4.74 Å². The van der Waals surface area contributed by atoms with Crippen LogP contribution in [0.2, 0.25) is 0 Å². The van der Waals surface area contributed by atoms with Crippen molar-refractivity contribution in [2.75, 3.05) is 38.2 Å². The van der Waals surface area contributed by atoms with Crippen molar-refractivity contribution in [3.63, 3.8) is 0 Å². The fourth-order valence-corrected chi connectivity index (χ4v) is 2.02. The second kappa shape index (κ2) is 9.66. The van der Waals surface area contributed by atoms with Gasteiger partial charge in [-0.25, -0.2) is 8.42 Å². The van der Waals surface area contributed by atoms with Crippen LogP contribution >= 0.6 is 24.0 Å². The minimum atomic E-state index is -3.25. The van der Waals surface area contributed by atoms with Crippen LogP contribution in [0.25, 0.3) is 0 Å². The molecule has 9 heteroatoms. The summed E-state index contributed by atoms with van der Waals surface area (Å²) < 4.78 is 30.0. The van der Waals surface area contributed by atoms with Crippen molar-refractivity contribution in [1.82, 2.24) is 10.6 Å². The molecule has 1 aromatic rings. The molecule has 1 aromatic carbocycles. The number of ether oxygens (including phenoxy) is 1. The number of anilines is 1. The molecular formula is C12H21IN4O3S. The van der Waals surface area contributed by atoms with E-state index in [9.17, 15) is 8.42 Å². The molecule has 7 nitrogen and oxygen atoms in total. The van der Waals surface area contributed by atoms with Gasteiger partial charge in [0.15, 0.2) is 5.96 Å². The van der Waals surface area contributed by atoms with Crippen LogP contribution in [0.4, 0.5) is 5.69 Å². The summed E-state index contributed by atoms with van der Waals surface area (Å²) in [6.45, 7) is 1.08. The zero-order valence-corrected chi connectivity index (χ0v) is 15.4. The first-order chi connectivity index (χ1) is 9.44. The zero-order chi connectivity index (χ0) is 15.0. The Morgan fingerprint density at radius 1 is 1.29 bits per heavy atom. The van der Waals surface area contributed by atoms with E-state index in [0.29, 0.717) is 30.5 Å². The highest BCUT2D eigenvalue weighted by Gasteiger charge is 2.01. The summed E-state index contributed by atoms with van der Waals surface area (Å²) in [5.41, 5.74) is 0.508. The summed E-state index contributed by atoms with van der Waals surface area (Å²) in [4.78, 5) is 3.97. The average Bonchev–Trinajstić information content (AvgIpc) is 2.39. The molecule has 0 aliphatic carbocycles. The number of hydrogen-bond donors (Lipinski definition) is 3. The van der Waals surface area contributed by atoms with Crippen LogP contribution in [0.3, 0.4) is 0 Å². The van der Waals surface area contributed by atoms with E-state index in [0.717, 1.165) is 6.26 Å². The van der Waals surface area contributed by atoms with E-state index in [-0.39, 0.29) is 24.0 Å². The number of hydrogen-bond acceptors (Lipinski definition) is 4. The average molecular weight is 428 g/mol. The van der Waals surface area contributed by atoms with Crippen LogP contribution in [0.1, 0.15) is 0 Å². The van der Waals surface area contributed by atoms with E-state index >= 15 is 0 Å². The molecule has 0 fully saturated rings. The maximum absolute atomic E-state index is 11.0. The molecule has 0 atom stereocenters. The van der Waals surface area contributed by atoms with Gasteiger partial charge in [-0.15, -0.1) is 24.0 Å². The topological polar surface area (TPSA) is 91.8 Å². The molecule has 0 saturated heterocycles. The van der Waals surface area contributed by atoms with Crippen molar-refractivity contribution >= 4 is 45.6 Å². The van der Waals surface area contributed by atoms with Crippen LogP contribution in [0, 0.1) is 0 Å². The van der Waals surface area contributed by atoms with Crippen LogP contribution in [-0.2, 0) is 10.0 Å². The number of rotatable bonds is 6. The van der Waals surface area contributed by atoms with Gasteiger partial charge in [0, 0.05) is 19.8 Å². The quantitative estimate of drug-likeness (QED) is 0.271. The molecule has 0 aromatic heterocycles. The van der Waals surface area contributed by atoms with Gasteiger partial charge in [0.2, 0.25) is 10.0 Å². The highest BCUT2D eigenvalue weighted by molar-refractivity contribution is 14.0. The zero-order valence-electron chi connectivity index (χ0n) is 12.2. The van der Waals surface area contributed by atoms with Crippen LogP contribution in [0.5, 0.6) is 5.75 Å². The second-order valence-electron chi connectivity index (χ2n) is 4.00. The molecule has 0 aliphatic heterocycles. The molecule has 1 rings (SSSR count). The van der Waals surface area contributed by atoms with E-state index in [1.54, 1.807) is 38.4 Å². The van der Waals surface area contributed by atoms with E-state index in [2.05, 4.69) is 20.3 Å². The van der Waals surface area contributed by atoms with Crippen LogP contribution in [-0.4, -0.2) is 47.9 Å². The summed E-state index contributed by atoms with van der Waals surface area (Å²) in [7, 11) is 0.222. The van der Waals surface area contributed by atoms with Gasteiger partial charge < -0.3 is 15.4 Å². The third kappa shape index (κ3) is 8.60. The van der Waals surface area contributed by atoms with Crippen molar-refractivity contribution in [2.45, 2.75) is 0 Å². The lowest BCUT2D eigenvalue weighted by molar-refractivity contribution is 0.322. The molecule has 0 radical (unpaired) electrons. The standard InChI is InChI=1S/C12H20N4O3S.HI/c1-13-12(14-2)15-8-9-19-11-6-4-10(5-7-11)16-20(3,17)18;/h4-7,16H,8-9H2,1-3H3,(H2,13,14,15);1H. The molecule has 0 amide bonds. The Bertz CT molecular complexity index is 546. The van der Waals surface area contributed by atoms with Crippen molar-refractivity contribution in [1.29, 1.82) is 0 Å². The predicted molar refractivity (Wildman–Crippen MR) is 96.2 cm³/mol. The Hall–Kier alpha value is -1.23. The molecule has 0 aliphatic rings. The molecule has 3 N–H and O–H groups in total. The van der Waals surface area contributed by atoms with Crippen molar-refractivity contribution in [2.24, 2.45) is 4.99 Å². The third-order valence-corrected chi connectivity index (χ3v) is 2.89. The number of aliphatic imine (C=N–C) groups is 1. The normalized spacial score (nSPS) is 11.3. The summed E-state index contributed by atoms with van der Waals surface area (Å²) >= 11 is 0. The molecule has 120 valence electrons. The molecule has 21 heavy (non-hydrogen) atoms. The number of nitrogens with zero attached hydrogens (tertiary/aromatic N) is 1. The van der Waals surface area contributed by atoms with Crippen LogP contribution < -0.4 is 20.1 Å². The number of guanidine groups is 1. The maximum atomic E-state index is 11.0. The van der Waals surface area contributed by atoms with Gasteiger partial charge in [-0.2, -0.15) is 0 Å². The fourth-order valence-electron chi connectivity index (χ4n) is 1.45. The lowest BCUT2D eigenvalue weighted by Crippen LogP contribution is -2.37. The summed E-state index contributed by atoms with van der Waals surface area (Å²) in [6, 6.07) is 6.72. The lowest BCUT2D eigenvalue weighted by atomic mass is 10.3.